The average molecular weight is 715 g/mol. The predicted molar refractivity (Wildman–Crippen MR) is 199 cm³/mol. The van der Waals surface area contributed by atoms with Crippen LogP contribution in [-0.4, -0.2) is 82.7 Å². The first-order chi connectivity index (χ1) is 22.2. The van der Waals surface area contributed by atoms with E-state index in [0.29, 0.717) is 51.6 Å². The molecule has 4 atom stereocenters. The third kappa shape index (κ3) is 13.4. The Labute approximate surface area is 302 Å². The van der Waals surface area contributed by atoms with Crippen molar-refractivity contribution in [3.8, 4) is 0 Å². The van der Waals surface area contributed by atoms with Crippen LogP contribution in [0.4, 0.5) is 0 Å². The van der Waals surface area contributed by atoms with Crippen molar-refractivity contribution < 1.29 is 34.2 Å². The van der Waals surface area contributed by atoms with Gasteiger partial charge in [-0.2, -0.15) is 12.6 Å². The fraction of sp³-hybridized carbons (Fsp3) is 0.865. The van der Waals surface area contributed by atoms with Crippen molar-refractivity contribution in [3.63, 3.8) is 0 Å². The number of carboxylic acids is 2. The summed E-state index contributed by atoms with van der Waals surface area (Å²) in [6, 6.07) is -0.988. The summed E-state index contributed by atoms with van der Waals surface area (Å²) in [5.41, 5.74) is 2.50. The summed E-state index contributed by atoms with van der Waals surface area (Å²) in [5.74, 6) is -3.59. The van der Waals surface area contributed by atoms with Gasteiger partial charge in [-0.25, -0.2) is 4.79 Å². The minimum atomic E-state index is -1.09. The van der Waals surface area contributed by atoms with Crippen molar-refractivity contribution >= 4 is 42.3 Å². The van der Waals surface area contributed by atoms with E-state index >= 15 is 0 Å². The van der Waals surface area contributed by atoms with Crippen LogP contribution >= 0.6 is 12.6 Å². The van der Waals surface area contributed by atoms with Crippen LogP contribution < -0.4 is 16.4 Å². The summed E-state index contributed by atoms with van der Waals surface area (Å²) < 4.78 is -0.704. The molecule has 0 rings (SSSR count). The van der Waals surface area contributed by atoms with Gasteiger partial charge in [-0.15, -0.1) is 0 Å². The van der Waals surface area contributed by atoms with Crippen molar-refractivity contribution in [1.82, 2.24) is 15.5 Å². The van der Waals surface area contributed by atoms with Gasteiger partial charge in [-0.3, -0.25) is 19.2 Å². The molecule has 0 bridgehead atoms. The smallest absolute Gasteiger partial charge is 0.326 e. The van der Waals surface area contributed by atoms with Gasteiger partial charge >= 0.3 is 11.9 Å². The normalized spacial score (nSPS) is 15.8. The molecule has 0 aromatic rings. The number of nitrogens with two attached hydrogens (primary N) is 1. The average Bonchev–Trinajstić information content (AvgIpc) is 2.98. The molecule has 0 radical (unpaired) electrons. The van der Waals surface area contributed by atoms with E-state index in [2.05, 4.69) is 24.5 Å². The van der Waals surface area contributed by atoms with Crippen molar-refractivity contribution in [2.45, 2.75) is 144 Å². The monoisotopic (exact) mass is 714 g/mol. The first kappa shape index (κ1) is 46.7. The number of carbonyl (C=O) groups excluding carboxylic acids is 3. The number of nitrogens with zero attached hydrogens (tertiary/aromatic N) is 1. The van der Waals surface area contributed by atoms with Gasteiger partial charge in [0.1, 0.15) is 6.04 Å². The lowest BCUT2D eigenvalue weighted by atomic mass is 9.52. The number of hydrogen-bond donors (Lipinski definition) is 6. The van der Waals surface area contributed by atoms with Gasteiger partial charge in [0.2, 0.25) is 17.7 Å². The number of amides is 3. The molecule has 12 heteroatoms. The summed E-state index contributed by atoms with van der Waals surface area (Å²) in [7, 11) is 3.43. The Hall–Kier alpha value is -2.34. The van der Waals surface area contributed by atoms with E-state index < -0.39 is 56.2 Å². The summed E-state index contributed by atoms with van der Waals surface area (Å²) in [6.45, 7) is 20.3. The Morgan fingerprint density at radius 1 is 0.816 bits per heavy atom. The maximum atomic E-state index is 13.9. The maximum Gasteiger partial charge on any atom is 0.326 e. The largest absolute Gasteiger partial charge is 0.481 e. The van der Waals surface area contributed by atoms with Crippen molar-refractivity contribution in [1.29, 1.82) is 0 Å². The Morgan fingerprint density at radius 2 is 1.39 bits per heavy atom. The summed E-state index contributed by atoms with van der Waals surface area (Å²) in [6.07, 6.45) is 5.19. The first-order valence-corrected chi connectivity index (χ1v) is 18.3. The molecule has 0 heterocycles. The van der Waals surface area contributed by atoms with E-state index in [-0.39, 0.29) is 30.6 Å². The fourth-order valence-corrected chi connectivity index (χ4v) is 6.57. The standard InChI is InChI=1S/C37H70N4O7S/c1-13-37(10,35(6,7)32(47)48)24-26(30(44)41(11)12)34(4,5)33(2,3)23-25(36(8,9)49)29(43)39-22-18-16-19-27(31(45)46)40-28(42)20-15-14-17-21-38/h25-27,49H,13-24,38H2,1-12H3,(H,39,43)(H,40,42)(H,45,46)(H,47,48)/t25?,26?,27-,37?/m0/s1. The molecule has 0 saturated heterocycles. The van der Waals surface area contributed by atoms with Crippen LogP contribution in [-0.2, 0) is 24.0 Å². The second kappa shape index (κ2) is 19.3. The second-order valence-electron chi connectivity index (χ2n) is 16.7. The molecular formula is C37H70N4O7S. The fourth-order valence-electron chi connectivity index (χ4n) is 6.36. The van der Waals surface area contributed by atoms with Crippen LogP contribution in [0.1, 0.15) is 133 Å². The molecule has 3 amide bonds. The number of thiol groups is 1. The van der Waals surface area contributed by atoms with E-state index in [1.165, 1.54) is 0 Å². The van der Waals surface area contributed by atoms with Crippen LogP contribution in [0.5, 0.6) is 0 Å². The number of nitrogens with one attached hydrogen (secondary N) is 2. The summed E-state index contributed by atoms with van der Waals surface area (Å²) in [5, 5.41) is 25.4. The highest BCUT2D eigenvalue weighted by Crippen LogP contribution is 2.56. The highest BCUT2D eigenvalue weighted by atomic mass is 32.1. The van der Waals surface area contributed by atoms with Crippen molar-refractivity contribution in [3.05, 3.63) is 0 Å². The Balaban J connectivity index is 5.85. The van der Waals surface area contributed by atoms with E-state index in [1.807, 2.05) is 41.5 Å². The highest BCUT2D eigenvalue weighted by molar-refractivity contribution is 7.81. The topological polar surface area (TPSA) is 179 Å². The Bertz CT molecular complexity index is 1120. The third-order valence-electron chi connectivity index (χ3n) is 11.7. The highest BCUT2D eigenvalue weighted by Gasteiger charge is 2.54. The maximum absolute atomic E-state index is 13.9. The molecule has 49 heavy (non-hydrogen) atoms. The second-order valence-corrected chi connectivity index (χ2v) is 17.8. The van der Waals surface area contributed by atoms with Crippen LogP contribution in [0.25, 0.3) is 0 Å². The Kier molecular flexibility index (Phi) is 18.4. The van der Waals surface area contributed by atoms with Gasteiger partial charge in [0.25, 0.3) is 0 Å². The number of carbonyl (C=O) groups is 5. The van der Waals surface area contributed by atoms with Crippen LogP contribution in [0.15, 0.2) is 0 Å². The van der Waals surface area contributed by atoms with Gasteiger partial charge in [-0.05, 0) is 88.0 Å². The molecule has 0 aliphatic carbocycles. The van der Waals surface area contributed by atoms with E-state index in [9.17, 15) is 34.2 Å². The van der Waals surface area contributed by atoms with E-state index in [1.54, 1.807) is 32.8 Å². The molecule has 0 spiro atoms. The quantitative estimate of drug-likeness (QED) is 0.0540. The Morgan fingerprint density at radius 3 is 1.84 bits per heavy atom. The molecule has 0 aliphatic heterocycles. The first-order valence-electron chi connectivity index (χ1n) is 17.9. The SMILES string of the molecule is CCC(C)(CC(C(=O)N(C)C)C(C)(C)C(C)(C)CC(C(=O)NCCCC[C@H](NC(=O)CCCCCN)C(=O)O)C(C)(C)S)C(C)(C)C(=O)O. The molecule has 286 valence electrons. The molecule has 0 fully saturated rings. The molecule has 6 N–H and O–H groups in total. The van der Waals surface area contributed by atoms with E-state index in [0.717, 1.165) is 12.8 Å². The lowest BCUT2D eigenvalue weighted by Crippen LogP contribution is -2.53. The zero-order valence-corrected chi connectivity index (χ0v) is 33.5. The molecule has 11 nitrogen and oxygen atoms in total. The van der Waals surface area contributed by atoms with Gasteiger partial charge in [-0.1, -0.05) is 61.8 Å². The molecule has 3 unspecified atom stereocenters. The summed E-state index contributed by atoms with van der Waals surface area (Å²) >= 11 is 4.83. The zero-order valence-electron chi connectivity index (χ0n) is 32.6. The number of hydrogen-bond acceptors (Lipinski definition) is 7. The van der Waals surface area contributed by atoms with Gasteiger partial charge in [0, 0.05) is 37.7 Å². The molecular weight excluding hydrogens is 644 g/mol. The number of carboxylic acid groups (broad SMARTS) is 2. The third-order valence-corrected chi connectivity index (χ3v) is 12.0. The van der Waals surface area contributed by atoms with Gasteiger partial charge < -0.3 is 31.5 Å². The van der Waals surface area contributed by atoms with Crippen LogP contribution in [0.3, 0.4) is 0 Å². The zero-order chi connectivity index (χ0) is 38.6. The molecule has 0 aliphatic rings. The van der Waals surface area contributed by atoms with Crippen molar-refractivity contribution in [2.24, 2.45) is 39.2 Å². The molecule has 0 aromatic carbocycles. The number of rotatable bonds is 24. The number of aliphatic carboxylic acids is 2. The van der Waals surface area contributed by atoms with Gasteiger partial charge in [0.15, 0.2) is 0 Å². The number of unbranched alkanes of at least 4 members (excludes halogenated alkanes) is 3. The van der Waals surface area contributed by atoms with E-state index in [4.69, 9.17) is 18.4 Å². The molecule has 0 saturated carbocycles. The minimum absolute atomic E-state index is 0.0764. The lowest BCUT2D eigenvalue weighted by Gasteiger charge is -2.52. The van der Waals surface area contributed by atoms with Crippen molar-refractivity contribution in [2.75, 3.05) is 27.2 Å². The van der Waals surface area contributed by atoms with Crippen LogP contribution in [0.2, 0.25) is 0 Å². The van der Waals surface area contributed by atoms with Crippen LogP contribution in [0, 0.1) is 33.5 Å². The van der Waals surface area contributed by atoms with Gasteiger partial charge in [0.05, 0.1) is 11.3 Å². The molecule has 0 aromatic heterocycles. The predicted octanol–water partition coefficient (Wildman–Crippen LogP) is 5.75. The summed E-state index contributed by atoms with van der Waals surface area (Å²) in [4.78, 5) is 65.5. The minimum Gasteiger partial charge on any atom is -0.481 e. The lowest BCUT2D eigenvalue weighted by molar-refractivity contribution is -0.161.